The highest BCUT2D eigenvalue weighted by atomic mass is 16.5. The maximum absolute atomic E-state index is 5.96. The number of hydrogen-bond donors (Lipinski definition) is 0. The summed E-state index contributed by atoms with van der Waals surface area (Å²) in [7, 11) is 4.30. The summed E-state index contributed by atoms with van der Waals surface area (Å²) in [6.07, 6.45) is 9.56. The molecule has 4 heteroatoms. The lowest BCUT2D eigenvalue weighted by Gasteiger charge is -2.44. The van der Waals surface area contributed by atoms with Gasteiger partial charge in [0.1, 0.15) is 5.76 Å². The third-order valence-corrected chi connectivity index (χ3v) is 5.51. The molecule has 1 aliphatic heterocycles. The van der Waals surface area contributed by atoms with E-state index in [0.29, 0.717) is 5.92 Å². The van der Waals surface area contributed by atoms with Gasteiger partial charge in [0, 0.05) is 37.2 Å². The Morgan fingerprint density at radius 1 is 1.22 bits per heavy atom. The van der Waals surface area contributed by atoms with E-state index in [4.69, 9.17) is 14.1 Å². The Morgan fingerprint density at radius 2 is 2.00 bits per heavy atom. The highest BCUT2D eigenvalue weighted by Crippen LogP contribution is 2.38. The average molecular weight is 377 g/mol. The average Bonchev–Trinajstić information content (AvgIpc) is 3.06. The van der Waals surface area contributed by atoms with Crippen LogP contribution in [0.15, 0.2) is 27.8 Å². The number of rotatable bonds is 10. The van der Waals surface area contributed by atoms with Crippen molar-refractivity contribution in [2.45, 2.75) is 71.3 Å². The molecule has 0 radical (unpaired) electrons. The Balaban J connectivity index is 1.98. The minimum atomic E-state index is -0.0752. The van der Waals surface area contributed by atoms with Crippen molar-refractivity contribution in [2.24, 2.45) is 16.3 Å². The second-order valence-electron chi connectivity index (χ2n) is 9.64. The molecule has 4 nitrogen and oxygen atoms in total. The summed E-state index contributed by atoms with van der Waals surface area (Å²) in [5.74, 6) is 2.30. The number of ether oxygens (including phenoxy) is 1. The fourth-order valence-corrected chi connectivity index (χ4v) is 4.41. The van der Waals surface area contributed by atoms with E-state index in [0.717, 1.165) is 50.6 Å². The van der Waals surface area contributed by atoms with Crippen LogP contribution < -0.4 is 0 Å². The van der Waals surface area contributed by atoms with E-state index in [1.54, 1.807) is 6.26 Å². The molecule has 0 amide bonds. The van der Waals surface area contributed by atoms with E-state index in [-0.39, 0.29) is 11.0 Å². The molecule has 0 aliphatic carbocycles. The molecule has 27 heavy (non-hydrogen) atoms. The van der Waals surface area contributed by atoms with Crippen LogP contribution in [0.3, 0.4) is 0 Å². The zero-order chi connectivity index (χ0) is 19.9. The fraction of sp³-hybridized carbons (Fsp3) is 0.783. The van der Waals surface area contributed by atoms with Crippen LogP contribution in [0.1, 0.15) is 71.5 Å². The monoisotopic (exact) mass is 376 g/mol. The number of nitrogens with zero attached hydrogens (tertiary/aromatic N) is 2. The summed E-state index contributed by atoms with van der Waals surface area (Å²) in [5.41, 5.74) is 0.0393. The molecular weight excluding hydrogens is 336 g/mol. The van der Waals surface area contributed by atoms with Gasteiger partial charge in [-0.2, -0.15) is 0 Å². The van der Waals surface area contributed by atoms with Crippen molar-refractivity contribution in [2.75, 3.05) is 33.8 Å². The van der Waals surface area contributed by atoms with Crippen molar-refractivity contribution in [3.8, 4) is 0 Å². The van der Waals surface area contributed by atoms with Gasteiger partial charge < -0.3 is 14.1 Å². The summed E-state index contributed by atoms with van der Waals surface area (Å²) in [6.45, 7) is 11.7. The Bertz CT molecular complexity index is 563. The third-order valence-electron chi connectivity index (χ3n) is 5.51. The van der Waals surface area contributed by atoms with Gasteiger partial charge >= 0.3 is 0 Å². The second-order valence-corrected chi connectivity index (χ2v) is 9.64. The fourth-order valence-electron chi connectivity index (χ4n) is 4.41. The lowest BCUT2D eigenvalue weighted by molar-refractivity contribution is -0.0887. The number of aliphatic imine (C=N–C) groups is 1. The van der Waals surface area contributed by atoms with Crippen molar-refractivity contribution in [3.63, 3.8) is 0 Å². The molecule has 0 unspecified atom stereocenters. The van der Waals surface area contributed by atoms with E-state index in [1.165, 1.54) is 12.8 Å². The van der Waals surface area contributed by atoms with Gasteiger partial charge in [-0.3, -0.25) is 4.99 Å². The molecule has 2 rings (SSSR count). The highest BCUT2D eigenvalue weighted by Gasteiger charge is 2.40. The zero-order valence-electron chi connectivity index (χ0n) is 18.3. The van der Waals surface area contributed by atoms with Crippen LogP contribution in [0.4, 0.5) is 0 Å². The van der Waals surface area contributed by atoms with Crippen molar-refractivity contribution in [1.29, 1.82) is 0 Å². The first-order chi connectivity index (χ1) is 12.7. The smallest absolute Gasteiger partial charge is 0.106 e. The summed E-state index contributed by atoms with van der Waals surface area (Å²) in [4.78, 5) is 7.19. The summed E-state index contributed by atoms with van der Waals surface area (Å²) >= 11 is 0. The normalized spacial score (nSPS) is 24.1. The number of hydrogen-bond acceptors (Lipinski definition) is 4. The largest absolute Gasteiger partial charge is 0.469 e. The van der Waals surface area contributed by atoms with Crippen LogP contribution >= 0.6 is 0 Å². The predicted octanol–water partition coefficient (Wildman–Crippen LogP) is 5.40. The predicted molar refractivity (Wildman–Crippen MR) is 114 cm³/mol. The molecular formula is C23H40N2O2. The van der Waals surface area contributed by atoms with Gasteiger partial charge in [-0.15, -0.1) is 0 Å². The summed E-state index contributed by atoms with van der Waals surface area (Å²) in [6, 6.07) is 4.11. The van der Waals surface area contributed by atoms with Gasteiger partial charge in [-0.05, 0) is 71.7 Å². The van der Waals surface area contributed by atoms with Crippen LogP contribution in [0.2, 0.25) is 0 Å². The lowest BCUT2D eigenvalue weighted by atomic mass is 9.74. The topological polar surface area (TPSA) is 38.0 Å². The van der Waals surface area contributed by atoms with Gasteiger partial charge in [-0.1, -0.05) is 20.3 Å². The van der Waals surface area contributed by atoms with Gasteiger partial charge in [0.05, 0.1) is 11.9 Å². The van der Waals surface area contributed by atoms with Gasteiger partial charge in [0.25, 0.3) is 0 Å². The van der Waals surface area contributed by atoms with E-state index in [1.807, 2.05) is 6.07 Å². The molecule has 0 spiro atoms. The SMILES string of the molecule is CC(C)CC[C@@H](CCN=C[C@]1(CN(C)C)CCOC(C)(C)C1)c1ccco1. The van der Waals surface area contributed by atoms with Crippen molar-refractivity contribution in [1.82, 2.24) is 4.90 Å². The van der Waals surface area contributed by atoms with E-state index < -0.39 is 0 Å². The molecule has 2 atom stereocenters. The van der Waals surface area contributed by atoms with Gasteiger partial charge in [0.15, 0.2) is 0 Å². The van der Waals surface area contributed by atoms with E-state index in [9.17, 15) is 0 Å². The highest BCUT2D eigenvalue weighted by molar-refractivity contribution is 5.66. The van der Waals surface area contributed by atoms with Gasteiger partial charge in [-0.25, -0.2) is 0 Å². The second kappa shape index (κ2) is 9.88. The van der Waals surface area contributed by atoms with Crippen molar-refractivity contribution >= 4 is 6.21 Å². The molecule has 1 saturated heterocycles. The lowest BCUT2D eigenvalue weighted by Crippen LogP contribution is -2.47. The third kappa shape index (κ3) is 7.42. The number of furan rings is 1. The molecule has 1 aliphatic rings. The van der Waals surface area contributed by atoms with Crippen LogP contribution in [0, 0.1) is 11.3 Å². The molecule has 0 saturated carbocycles. The maximum atomic E-state index is 5.96. The molecule has 2 heterocycles. The molecule has 0 bridgehead atoms. The maximum Gasteiger partial charge on any atom is 0.106 e. The van der Waals surface area contributed by atoms with Crippen LogP contribution in [0.25, 0.3) is 0 Å². The van der Waals surface area contributed by atoms with E-state index >= 15 is 0 Å². The first-order valence-corrected chi connectivity index (χ1v) is 10.5. The molecule has 1 aromatic heterocycles. The minimum absolute atomic E-state index is 0.0752. The van der Waals surface area contributed by atoms with Crippen LogP contribution in [0.5, 0.6) is 0 Å². The Kier molecular flexibility index (Phi) is 8.11. The molecule has 0 aromatic carbocycles. The van der Waals surface area contributed by atoms with Crippen molar-refractivity contribution in [3.05, 3.63) is 24.2 Å². The molecule has 1 aromatic rings. The Morgan fingerprint density at radius 3 is 2.59 bits per heavy atom. The van der Waals surface area contributed by atoms with Gasteiger partial charge in [0.2, 0.25) is 0 Å². The standard InChI is InChI=1S/C23H40N2O2/c1-19(2)9-10-20(21-8-7-14-26-21)11-13-24-17-23(18-25(5)6)12-15-27-22(3,4)16-23/h7-8,14,17,19-20H,9-13,15-16,18H2,1-6H3/t20-,23-/m0/s1. The Hall–Kier alpha value is -1.13. The molecule has 1 fully saturated rings. The summed E-state index contributed by atoms with van der Waals surface area (Å²) in [5, 5.41) is 0. The zero-order valence-corrected chi connectivity index (χ0v) is 18.3. The van der Waals surface area contributed by atoms with Crippen LogP contribution in [-0.4, -0.2) is 50.5 Å². The summed E-state index contributed by atoms with van der Waals surface area (Å²) < 4.78 is 11.7. The first-order valence-electron chi connectivity index (χ1n) is 10.5. The first kappa shape index (κ1) is 22.2. The van der Waals surface area contributed by atoms with Crippen molar-refractivity contribution < 1.29 is 9.15 Å². The van der Waals surface area contributed by atoms with E-state index in [2.05, 4.69) is 59.0 Å². The molecule has 154 valence electrons. The minimum Gasteiger partial charge on any atom is -0.469 e. The van der Waals surface area contributed by atoms with Crippen LogP contribution in [-0.2, 0) is 4.74 Å². The Labute approximate surface area is 166 Å². The quantitative estimate of drug-likeness (QED) is 0.513. The molecule has 0 N–H and O–H groups in total.